The number of anilines is 1. The van der Waals surface area contributed by atoms with E-state index in [2.05, 4.69) is 10.0 Å². The number of sulfonamides is 1. The van der Waals surface area contributed by atoms with E-state index in [4.69, 9.17) is 5.11 Å². The lowest BCUT2D eigenvalue weighted by molar-refractivity contribution is 0.0696. The lowest BCUT2D eigenvalue weighted by Crippen LogP contribution is -2.26. The number of carbonyl (C=O) groups is 1. The van der Waals surface area contributed by atoms with Crippen molar-refractivity contribution in [2.75, 3.05) is 11.9 Å². The SMILES string of the molecule is CCC[C@H](C)Nc1ccc(C(=O)O)cc1S(=O)(=O)NCC. The Labute approximate surface area is 125 Å². The summed E-state index contributed by atoms with van der Waals surface area (Å²) in [7, 11) is -3.73. The van der Waals surface area contributed by atoms with Crippen molar-refractivity contribution in [3.05, 3.63) is 23.8 Å². The topological polar surface area (TPSA) is 95.5 Å². The third kappa shape index (κ3) is 4.71. The second-order valence-corrected chi connectivity index (χ2v) is 6.59. The van der Waals surface area contributed by atoms with Gasteiger partial charge in [0.05, 0.1) is 11.3 Å². The number of carboxylic acids is 1. The average Bonchev–Trinajstić information content (AvgIpc) is 2.38. The lowest BCUT2D eigenvalue weighted by Gasteiger charge is -2.18. The maximum Gasteiger partial charge on any atom is 0.335 e. The number of carboxylic acid groups (broad SMARTS) is 1. The molecule has 0 amide bonds. The first-order valence-electron chi connectivity index (χ1n) is 6.95. The summed E-state index contributed by atoms with van der Waals surface area (Å²) in [6.45, 7) is 5.91. The van der Waals surface area contributed by atoms with E-state index in [0.717, 1.165) is 12.8 Å². The molecule has 0 aromatic heterocycles. The molecular formula is C14H22N2O4S. The Hall–Kier alpha value is -1.60. The van der Waals surface area contributed by atoms with Gasteiger partial charge in [-0.3, -0.25) is 0 Å². The van der Waals surface area contributed by atoms with Crippen LogP contribution in [-0.4, -0.2) is 32.1 Å². The van der Waals surface area contributed by atoms with Crippen LogP contribution >= 0.6 is 0 Å². The molecule has 21 heavy (non-hydrogen) atoms. The largest absolute Gasteiger partial charge is 0.478 e. The van der Waals surface area contributed by atoms with Crippen molar-refractivity contribution in [1.29, 1.82) is 0 Å². The molecule has 3 N–H and O–H groups in total. The normalized spacial score (nSPS) is 12.9. The minimum atomic E-state index is -3.73. The van der Waals surface area contributed by atoms with Gasteiger partial charge in [0.25, 0.3) is 0 Å². The van der Waals surface area contributed by atoms with E-state index in [1.54, 1.807) is 6.92 Å². The van der Waals surface area contributed by atoms with Crippen LogP contribution in [0, 0.1) is 0 Å². The second-order valence-electron chi connectivity index (χ2n) is 4.85. The third-order valence-electron chi connectivity index (χ3n) is 2.98. The summed E-state index contributed by atoms with van der Waals surface area (Å²) < 4.78 is 26.8. The van der Waals surface area contributed by atoms with Gasteiger partial charge in [-0.2, -0.15) is 0 Å². The summed E-state index contributed by atoms with van der Waals surface area (Å²) >= 11 is 0. The molecule has 118 valence electrons. The smallest absolute Gasteiger partial charge is 0.335 e. The van der Waals surface area contributed by atoms with E-state index in [1.807, 2.05) is 13.8 Å². The monoisotopic (exact) mass is 314 g/mol. The number of rotatable bonds is 8. The molecule has 7 heteroatoms. The van der Waals surface area contributed by atoms with E-state index in [9.17, 15) is 13.2 Å². The van der Waals surface area contributed by atoms with E-state index in [1.165, 1.54) is 18.2 Å². The van der Waals surface area contributed by atoms with Crippen LogP contribution in [0.1, 0.15) is 44.0 Å². The molecule has 0 saturated heterocycles. The van der Waals surface area contributed by atoms with Crippen LogP contribution in [0.15, 0.2) is 23.1 Å². The van der Waals surface area contributed by atoms with Crippen LogP contribution in [-0.2, 0) is 10.0 Å². The van der Waals surface area contributed by atoms with Crippen molar-refractivity contribution < 1.29 is 18.3 Å². The Balaban J connectivity index is 3.27. The highest BCUT2D eigenvalue weighted by atomic mass is 32.2. The number of aromatic carboxylic acids is 1. The molecule has 0 aliphatic rings. The van der Waals surface area contributed by atoms with Gasteiger partial charge in [-0.15, -0.1) is 0 Å². The van der Waals surface area contributed by atoms with Crippen LogP contribution < -0.4 is 10.0 Å². The zero-order valence-electron chi connectivity index (χ0n) is 12.5. The highest BCUT2D eigenvalue weighted by molar-refractivity contribution is 7.89. The van der Waals surface area contributed by atoms with Gasteiger partial charge in [0, 0.05) is 12.6 Å². The molecule has 0 fully saturated rings. The zero-order valence-corrected chi connectivity index (χ0v) is 13.3. The van der Waals surface area contributed by atoms with Crippen molar-refractivity contribution in [3.8, 4) is 0 Å². The average molecular weight is 314 g/mol. The third-order valence-corrected chi connectivity index (χ3v) is 4.56. The summed E-state index contributed by atoms with van der Waals surface area (Å²) in [6, 6.07) is 4.18. The molecule has 0 unspecified atom stereocenters. The highest BCUT2D eigenvalue weighted by Crippen LogP contribution is 2.24. The van der Waals surface area contributed by atoms with E-state index < -0.39 is 16.0 Å². The van der Waals surface area contributed by atoms with Gasteiger partial charge >= 0.3 is 5.97 Å². The van der Waals surface area contributed by atoms with Crippen LogP contribution in [0.2, 0.25) is 0 Å². The van der Waals surface area contributed by atoms with Gasteiger partial charge in [0.2, 0.25) is 10.0 Å². The fourth-order valence-electron chi connectivity index (χ4n) is 2.04. The molecule has 0 radical (unpaired) electrons. The number of benzene rings is 1. The molecule has 1 aromatic carbocycles. The van der Waals surface area contributed by atoms with Gasteiger partial charge < -0.3 is 10.4 Å². The van der Waals surface area contributed by atoms with Crippen molar-refractivity contribution in [3.63, 3.8) is 0 Å². The minimum Gasteiger partial charge on any atom is -0.478 e. The molecule has 1 atom stereocenters. The first kappa shape index (κ1) is 17.5. The molecular weight excluding hydrogens is 292 g/mol. The van der Waals surface area contributed by atoms with Crippen molar-refractivity contribution in [1.82, 2.24) is 4.72 Å². The van der Waals surface area contributed by atoms with Gasteiger partial charge in [-0.1, -0.05) is 20.3 Å². The maximum atomic E-state index is 12.2. The molecule has 0 saturated carbocycles. The summed E-state index contributed by atoms with van der Waals surface area (Å²) in [5.41, 5.74) is 0.363. The quantitative estimate of drug-likeness (QED) is 0.684. The summed E-state index contributed by atoms with van der Waals surface area (Å²) in [4.78, 5) is 11.0. The highest BCUT2D eigenvalue weighted by Gasteiger charge is 2.20. The molecule has 6 nitrogen and oxygen atoms in total. The molecule has 0 aliphatic carbocycles. The summed E-state index contributed by atoms with van der Waals surface area (Å²) in [6.07, 6.45) is 1.86. The van der Waals surface area contributed by atoms with Crippen LogP contribution in [0.4, 0.5) is 5.69 Å². The Bertz CT molecular complexity index is 599. The number of nitrogens with one attached hydrogen (secondary N) is 2. The van der Waals surface area contributed by atoms with Crippen LogP contribution in [0.25, 0.3) is 0 Å². The van der Waals surface area contributed by atoms with Gasteiger partial charge in [0.15, 0.2) is 0 Å². The molecule has 1 rings (SSSR count). The Morgan fingerprint density at radius 1 is 1.33 bits per heavy atom. The van der Waals surface area contributed by atoms with Crippen molar-refractivity contribution in [2.45, 2.75) is 44.6 Å². The first-order valence-corrected chi connectivity index (χ1v) is 8.43. The maximum absolute atomic E-state index is 12.2. The summed E-state index contributed by atoms with van der Waals surface area (Å²) in [5.74, 6) is -1.16. The van der Waals surface area contributed by atoms with E-state index in [-0.39, 0.29) is 23.0 Å². The number of hydrogen-bond acceptors (Lipinski definition) is 4. The molecule has 0 aliphatic heterocycles. The molecule has 0 heterocycles. The summed E-state index contributed by atoms with van der Waals surface area (Å²) in [5, 5.41) is 12.2. The minimum absolute atomic E-state index is 0.0350. The fraction of sp³-hybridized carbons (Fsp3) is 0.500. The van der Waals surface area contributed by atoms with Crippen LogP contribution in [0.3, 0.4) is 0 Å². The first-order chi connectivity index (χ1) is 9.81. The predicted octanol–water partition coefficient (Wildman–Crippen LogP) is 2.28. The predicted molar refractivity (Wildman–Crippen MR) is 82.3 cm³/mol. The zero-order chi connectivity index (χ0) is 16.0. The Morgan fingerprint density at radius 3 is 2.52 bits per heavy atom. The fourth-order valence-corrected chi connectivity index (χ4v) is 3.27. The van der Waals surface area contributed by atoms with Crippen LogP contribution in [0.5, 0.6) is 0 Å². The van der Waals surface area contributed by atoms with E-state index >= 15 is 0 Å². The Morgan fingerprint density at radius 2 is 2.00 bits per heavy atom. The van der Waals surface area contributed by atoms with Gasteiger partial charge in [-0.05, 0) is 31.5 Å². The van der Waals surface area contributed by atoms with E-state index in [0.29, 0.717) is 5.69 Å². The molecule has 1 aromatic rings. The van der Waals surface area contributed by atoms with Crippen molar-refractivity contribution >= 4 is 21.7 Å². The number of hydrogen-bond donors (Lipinski definition) is 3. The molecule has 0 spiro atoms. The van der Waals surface area contributed by atoms with Gasteiger partial charge in [-0.25, -0.2) is 17.9 Å². The Kier molecular flexibility index (Phi) is 6.17. The lowest BCUT2D eigenvalue weighted by atomic mass is 10.1. The van der Waals surface area contributed by atoms with Gasteiger partial charge in [0.1, 0.15) is 4.90 Å². The van der Waals surface area contributed by atoms with Crippen molar-refractivity contribution in [2.24, 2.45) is 0 Å². The second kappa shape index (κ2) is 7.42. The molecule has 0 bridgehead atoms. The standard InChI is InChI=1S/C14H22N2O4S/c1-4-6-10(3)16-12-8-7-11(14(17)18)9-13(12)21(19,20)15-5-2/h7-10,15-16H,4-6H2,1-3H3,(H,17,18)/t10-/m0/s1.